The Morgan fingerprint density at radius 3 is 2.20 bits per heavy atom. The molecule has 0 saturated heterocycles. The molecule has 0 saturated carbocycles. The maximum atomic E-state index is 13.9. The Morgan fingerprint density at radius 2 is 1.54 bits per heavy atom. The van der Waals surface area contributed by atoms with Gasteiger partial charge in [0.05, 0.1) is 0 Å². The van der Waals surface area contributed by atoms with Gasteiger partial charge in [-0.1, -0.05) is 87.2 Å². The fourth-order valence-electron chi connectivity index (χ4n) is 4.69. The molecule has 4 heteroatoms. The first-order valence-corrected chi connectivity index (χ1v) is 12.9. The number of nitrogens with zero attached hydrogens (tertiary/aromatic N) is 1. The molecule has 35 heavy (non-hydrogen) atoms. The summed E-state index contributed by atoms with van der Waals surface area (Å²) in [5, 5.41) is 7.47. The third-order valence-electron chi connectivity index (χ3n) is 6.25. The Bertz CT molecular complexity index is 1190. The van der Waals surface area contributed by atoms with E-state index in [-0.39, 0.29) is 11.8 Å². The van der Waals surface area contributed by atoms with Crippen molar-refractivity contribution in [1.82, 2.24) is 10.2 Å². The number of fused-ring (bicyclic) bond motifs is 3. The number of carbonyl (C=O) groups is 2. The van der Waals surface area contributed by atoms with Crippen LogP contribution < -0.4 is 5.32 Å². The van der Waals surface area contributed by atoms with E-state index in [1.807, 2.05) is 52.0 Å². The van der Waals surface area contributed by atoms with Crippen LogP contribution in [0, 0.1) is 0 Å². The average Bonchev–Trinajstić information content (AvgIpc) is 2.82. The Hall–Kier alpha value is -3.14. The molecular formula is C31H40N2O2. The highest BCUT2D eigenvalue weighted by atomic mass is 16.2. The fourth-order valence-corrected chi connectivity index (χ4v) is 4.69. The van der Waals surface area contributed by atoms with E-state index in [2.05, 4.69) is 42.6 Å². The molecule has 0 fully saturated rings. The molecule has 1 unspecified atom stereocenters. The number of rotatable bonds is 10. The van der Waals surface area contributed by atoms with Crippen LogP contribution >= 0.6 is 0 Å². The van der Waals surface area contributed by atoms with Crippen LogP contribution in [0.5, 0.6) is 0 Å². The number of allylic oxidation sites excluding steroid dienone is 1. The first kappa shape index (κ1) is 26.5. The summed E-state index contributed by atoms with van der Waals surface area (Å²) in [6, 6.07) is 17.8. The van der Waals surface area contributed by atoms with Crippen molar-refractivity contribution in [2.75, 3.05) is 6.54 Å². The molecule has 0 spiro atoms. The summed E-state index contributed by atoms with van der Waals surface area (Å²) < 4.78 is 0. The quantitative estimate of drug-likeness (QED) is 0.191. The maximum Gasteiger partial charge on any atom is 0.247 e. The predicted octanol–water partition coefficient (Wildman–Crippen LogP) is 7.32. The van der Waals surface area contributed by atoms with Crippen molar-refractivity contribution in [3.05, 3.63) is 72.3 Å². The Labute approximate surface area is 210 Å². The zero-order valence-corrected chi connectivity index (χ0v) is 21.9. The summed E-state index contributed by atoms with van der Waals surface area (Å²) in [6.07, 6.45) is 8.73. The summed E-state index contributed by atoms with van der Waals surface area (Å²) in [4.78, 5) is 29.1. The summed E-state index contributed by atoms with van der Waals surface area (Å²) in [5.74, 6) is -0.279. The number of benzene rings is 3. The Morgan fingerprint density at radius 1 is 0.914 bits per heavy atom. The largest absolute Gasteiger partial charge is 0.349 e. The van der Waals surface area contributed by atoms with Crippen molar-refractivity contribution in [1.29, 1.82) is 0 Å². The van der Waals surface area contributed by atoms with Gasteiger partial charge < -0.3 is 10.2 Å². The fraction of sp³-hybridized carbons (Fsp3) is 0.419. The normalized spacial score (nSPS) is 12.8. The molecule has 4 nitrogen and oxygen atoms in total. The Kier molecular flexibility index (Phi) is 9.08. The van der Waals surface area contributed by atoms with Crippen molar-refractivity contribution in [3.8, 4) is 0 Å². The van der Waals surface area contributed by atoms with Crippen LogP contribution in [0.25, 0.3) is 21.5 Å². The molecule has 3 aromatic carbocycles. The van der Waals surface area contributed by atoms with E-state index in [0.717, 1.165) is 46.4 Å². The number of hydrogen-bond acceptors (Lipinski definition) is 2. The highest BCUT2D eigenvalue weighted by Crippen LogP contribution is 2.35. The third-order valence-corrected chi connectivity index (χ3v) is 6.25. The molecule has 0 aliphatic heterocycles. The van der Waals surface area contributed by atoms with Gasteiger partial charge in [0.25, 0.3) is 0 Å². The second kappa shape index (κ2) is 12.0. The molecular weight excluding hydrogens is 432 g/mol. The SMILES string of the molecule is C/C=C/C(=O)N(CCCCCCC)C(C(=O)NC(C)(C)C)c1cc2ccccc2c2ccccc12. The molecule has 3 aromatic rings. The van der Waals surface area contributed by atoms with Crippen molar-refractivity contribution < 1.29 is 9.59 Å². The molecule has 186 valence electrons. The highest BCUT2D eigenvalue weighted by molar-refractivity contribution is 6.10. The van der Waals surface area contributed by atoms with Gasteiger partial charge in [-0.05, 0) is 73.4 Å². The molecule has 3 rings (SSSR count). The van der Waals surface area contributed by atoms with Crippen LogP contribution in [-0.4, -0.2) is 28.8 Å². The van der Waals surface area contributed by atoms with E-state index in [9.17, 15) is 9.59 Å². The molecule has 0 aromatic heterocycles. The third kappa shape index (κ3) is 6.72. The van der Waals surface area contributed by atoms with Gasteiger partial charge in [-0.2, -0.15) is 0 Å². The first-order chi connectivity index (χ1) is 16.8. The van der Waals surface area contributed by atoms with Crippen molar-refractivity contribution in [2.45, 2.75) is 78.3 Å². The molecule has 0 radical (unpaired) electrons. The number of carbonyl (C=O) groups excluding carboxylic acids is 2. The number of nitrogens with one attached hydrogen (secondary N) is 1. The number of unbranched alkanes of at least 4 members (excludes halogenated alkanes) is 4. The predicted molar refractivity (Wildman–Crippen MR) is 147 cm³/mol. The van der Waals surface area contributed by atoms with E-state index in [4.69, 9.17) is 0 Å². The van der Waals surface area contributed by atoms with E-state index < -0.39 is 11.6 Å². The van der Waals surface area contributed by atoms with E-state index in [0.29, 0.717) is 6.54 Å². The second-order valence-corrected chi connectivity index (χ2v) is 10.3. The number of amides is 2. The summed E-state index contributed by atoms with van der Waals surface area (Å²) in [5.41, 5.74) is 0.450. The van der Waals surface area contributed by atoms with Gasteiger partial charge in [-0.15, -0.1) is 0 Å². The van der Waals surface area contributed by atoms with Gasteiger partial charge in [-0.25, -0.2) is 0 Å². The lowest BCUT2D eigenvalue weighted by atomic mass is 9.91. The van der Waals surface area contributed by atoms with Crippen LogP contribution in [0.2, 0.25) is 0 Å². The minimum atomic E-state index is -0.724. The van der Waals surface area contributed by atoms with Gasteiger partial charge in [0.1, 0.15) is 6.04 Å². The lowest BCUT2D eigenvalue weighted by Crippen LogP contribution is -2.49. The summed E-state index contributed by atoms with van der Waals surface area (Å²) >= 11 is 0. The van der Waals surface area contributed by atoms with Crippen LogP contribution in [0.4, 0.5) is 0 Å². The van der Waals surface area contributed by atoms with Crippen molar-refractivity contribution in [2.24, 2.45) is 0 Å². The van der Waals surface area contributed by atoms with E-state index in [1.165, 1.54) is 12.8 Å². The van der Waals surface area contributed by atoms with Crippen LogP contribution in [0.15, 0.2) is 66.7 Å². The second-order valence-electron chi connectivity index (χ2n) is 10.3. The van der Waals surface area contributed by atoms with Gasteiger partial charge in [-0.3, -0.25) is 9.59 Å². The molecule has 0 bridgehead atoms. The average molecular weight is 473 g/mol. The molecule has 1 N–H and O–H groups in total. The molecule has 0 aliphatic carbocycles. The highest BCUT2D eigenvalue weighted by Gasteiger charge is 2.33. The monoisotopic (exact) mass is 472 g/mol. The molecule has 2 amide bonds. The van der Waals surface area contributed by atoms with Crippen LogP contribution in [0.3, 0.4) is 0 Å². The lowest BCUT2D eigenvalue weighted by molar-refractivity contribution is -0.138. The van der Waals surface area contributed by atoms with Gasteiger partial charge in [0.15, 0.2) is 0 Å². The van der Waals surface area contributed by atoms with Gasteiger partial charge in [0, 0.05) is 12.1 Å². The van der Waals surface area contributed by atoms with Crippen LogP contribution in [-0.2, 0) is 9.59 Å². The van der Waals surface area contributed by atoms with Crippen LogP contribution in [0.1, 0.15) is 78.3 Å². The summed E-state index contributed by atoms with van der Waals surface area (Å²) in [7, 11) is 0. The Balaban J connectivity index is 2.18. The van der Waals surface area contributed by atoms with Crippen molar-refractivity contribution >= 4 is 33.4 Å². The molecule has 0 heterocycles. The first-order valence-electron chi connectivity index (χ1n) is 12.9. The number of hydrogen-bond donors (Lipinski definition) is 1. The van der Waals surface area contributed by atoms with E-state index >= 15 is 0 Å². The zero-order chi connectivity index (χ0) is 25.4. The minimum absolute atomic E-state index is 0.130. The molecule has 0 aliphatic rings. The van der Waals surface area contributed by atoms with Gasteiger partial charge in [0.2, 0.25) is 11.8 Å². The standard InChI is InChI=1S/C31H40N2O2/c1-6-8-9-10-15-21-33(28(34)16-7-2)29(30(35)32-31(3,4)5)27-22-23-17-11-12-18-24(23)25-19-13-14-20-26(25)27/h7,11-14,16-20,22,29H,6,8-10,15,21H2,1-5H3,(H,32,35)/b16-7+. The van der Waals surface area contributed by atoms with Crippen molar-refractivity contribution in [3.63, 3.8) is 0 Å². The van der Waals surface area contributed by atoms with Gasteiger partial charge >= 0.3 is 0 Å². The zero-order valence-electron chi connectivity index (χ0n) is 21.9. The van der Waals surface area contributed by atoms with E-state index in [1.54, 1.807) is 17.1 Å². The maximum absolute atomic E-state index is 13.9. The summed E-state index contributed by atoms with van der Waals surface area (Å²) in [6.45, 7) is 10.5. The smallest absolute Gasteiger partial charge is 0.247 e. The topological polar surface area (TPSA) is 49.4 Å². The lowest BCUT2D eigenvalue weighted by Gasteiger charge is -2.34. The molecule has 1 atom stereocenters. The minimum Gasteiger partial charge on any atom is -0.349 e.